The minimum atomic E-state index is -0.201. The molecule has 0 bridgehead atoms. The number of hydrogen-bond acceptors (Lipinski definition) is 5. The number of rotatable bonds is 7. The van der Waals surface area contributed by atoms with Crippen molar-refractivity contribution in [1.82, 2.24) is 14.8 Å². The normalized spacial score (nSPS) is 10.8. The Balaban J connectivity index is 1.55. The van der Waals surface area contributed by atoms with Gasteiger partial charge in [0.25, 0.3) is 0 Å². The van der Waals surface area contributed by atoms with E-state index < -0.39 is 0 Å². The van der Waals surface area contributed by atoms with Crippen molar-refractivity contribution in [3.63, 3.8) is 0 Å². The van der Waals surface area contributed by atoms with Gasteiger partial charge >= 0.3 is 0 Å². The summed E-state index contributed by atoms with van der Waals surface area (Å²) in [5.41, 5.74) is 0.426. The molecule has 0 radical (unpaired) electrons. The summed E-state index contributed by atoms with van der Waals surface area (Å²) in [6.45, 7) is 0.772. The number of thioether (sulfide) groups is 1. The van der Waals surface area contributed by atoms with E-state index in [-0.39, 0.29) is 11.7 Å². The molecule has 0 saturated carbocycles. The third-order valence-electron chi connectivity index (χ3n) is 3.32. The molecule has 0 aliphatic heterocycles. The largest absolute Gasteiger partial charge is 0.323 e. The van der Waals surface area contributed by atoms with E-state index in [1.165, 1.54) is 16.6 Å². The van der Waals surface area contributed by atoms with Crippen LogP contribution in [0.2, 0.25) is 10.0 Å². The van der Waals surface area contributed by atoms with Crippen molar-refractivity contribution >= 4 is 57.9 Å². The van der Waals surface area contributed by atoms with Gasteiger partial charge in [-0.2, -0.15) is 0 Å². The summed E-state index contributed by atoms with van der Waals surface area (Å²) in [5, 5.41) is 14.3. The fourth-order valence-corrected chi connectivity index (χ4v) is 4.05. The lowest BCUT2D eigenvalue weighted by Gasteiger charge is -2.09. The van der Waals surface area contributed by atoms with Crippen molar-refractivity contribution in [3.05, 3.63) is 57.0 Å². The number of thiophene rings is 1. The molecule has 1 aromatic carbocycles. The van der Waals surface area contributed by atoms with Gasteiger partial charge in [0.1, 0.15) is 6.33 Å². The molecule has 3 aromatic rings. The van der Waals surface area contributed by atoms with Crippen molar-refractivity contribution in [1.29, 1.82) is 0 Å². The van der Waals surface area contributed by atoms with E-state index in [9.17, 15) is 4.79 Å². The number of carbonyl (C=O) groups excluding carboxylic acids is 1. The number of aryl methyl sites for hydroxylation is 2. The van der Waals surface area contributed by atoms with Crippen LogP contribution >= 0.6 is 46.3 Å². The monoisotopic (exact) mass is 412 g/mol. The molecule has 9 heteroatoms. The van der Waals surface area contributed by atoms with Gasteiger partial charge in [-0.15, -0.1) is 21.5 Å². The number of carbonyl (C=O) groups is 1. The Morgan fingerprint density at radius 2 is 2.04 bits per heavy atom. The van der Waals surface area contributed by atoms with Crippen LogP contribution < -0.4 is 5.32 Å². The van der Waals surface area contributed by atoms with E-state index in [1.807, 2.05) is 10.6 Å². The zero-order chi connectivity index (χ0) is 17.6. The number of halogens is 2. The van der Waals surface area contributed by atoms with Gasteiger partial charge in [-0.3, -0.25) is 4.79 Å². The van der Waals surface area contributed by atoms with E-state index >= 15 is 0 Å². The molecule has 0 aliphatic rings. The van der Waals surface area contributed by atoms with Crippen molar-refractivity contribution < 1.29 is 4.79 Å². The minimum Gasteiger partial charge on any atom is -0.323 e. The van der Waals surface area contributed by atoms with Gasteiger partial charge in [-0.25, -0.2) is 0 Å². The summed E-state index contributed by atoms with van der Waals surface area (Å²) >= 11 is 15.2. The van der Waals surface area contributed by atoms with Crippen LogP contribution in [0.4, 0.5) is 5.69 Å². The van der Waals surface area contributed by atoms with Crippen LogP contribution in [0.3, 0.4) is 0 Å². The number of benzene rings is 1. The van der Waals surface area contributed by atoms with Gasteiger partial charge in [-0.05, 0) is 30.0 Å². The van der Waals surface area contributed by atoms with E-state index in [1.54, 1.807) is 35.9 Å². The molecule has 0 saturated heterocycles. The molecule has 1 N–H and O–H groups in total. The number of amides is 1. The first-order valence-corrected chi connectivity index (χ1v) is 10.0. The van der Waals surface area contributed by atoms with Gasteiger partial charge in [0.15, 0.2) is 5.16 Å². The molecule has 2 heterocycles. The van der Waals surface area contributed by atoms with Crippen LogP contribution in [0.25, 0.3) is 0 Å². The fourth-order valence-electron chi connectivity index (χ4n) is 2.12. The number of hydrogen-bond donors (Lipinski definition) is 1. The summed E-state index contributed by atoms with van der Waals surface area (Å²) in [6.07, 6.45) is 2.59. The SMILES string of the molecule is O=C(CSc1nncn1CCc1cccs1)Nc1c(Cl)cccc1Cl. The summed E-state index contributed by atoms with van der Waals surface area (Å²) < 4.78 is 1.94. The zero-order valence-corrected chi connectivity index (χ0v) is 16.1. The average Bonchev–Trinajstić information content (AvgIpc) is 3.26. The Hall–Kier alpha value is -1.54. The number of nitrogens with one attached hydrogen (secondary N) is 1. The van der Waals surface area contributed by atoms with Crippen LogP contribution in [-0.2, 0) is 17.8 Å². The Morgan fingerprint density at radius 3 is 2.76 bits per heavy atom. The first-order chi connectivity index (χ1) is 12.1. The Labute approximate surface area is 163 Å². The molecule has 130 valence electrons. The maximum Gasteiger partial charge on any atom is 0.234 e. The van der Waals surface area contributed by atoms with Crippen LogP contribution in [0.5, 0.6) is 0 Å². The number of aromatic nitrogens is 3. The molecule has 1 amide bonds. The highest BCUT2D eigenvalue weighted by Crippen LogP contribution is 2.30. The Bertz CT molecular complexity index is 831. The molecule has 0 spiro atoms. The lowest BCUT2D eigenvalue weighted by atomic mass is 10.3. The highest BCUT2D eigenvalue weighted by molar-refractivity contribution is 7.99. The minimum absolute atomic E-state index is 0.194. The van der Waals surface area contributed by atoms with E-state index in [0.717, 1.165) is 13.0 Å². The van der Waals surface area contributed by atoms with Gasteiger partial charge in [0.05, 0.1) is 21.5 Å². The van der Waals surface area contributed by atoms with Gasteiger partial charge in [-0.1, -0.05) is 47.1 Å². The lowest BCUT2D eigenvalue weighted by molar-refractivity contribution is -0.113. The predicted octanol–water partition coefficient (Wildman–Crippen LogP) is 4.62. The molecular weight excluding hydrogens is 399 g/mol. The van der Waals surface area contributed by atoms with Crippen LogP contribution in [0.15, 0.2) is 47.2 Å². The summed E-state index contributed by atoms with van der Waals surface area (Å²) in [5.74, 6) is -0.00741. The van der Waals surface area contributed by atoms with E-state index in [4.69, 9.17) is 23.2 Å². The third-order valence-corrected chi connectivity index (χ3v) is 5.87. The molecule has 5 nitrogen and oxygen atoms in total. The maximum absolute atomic E-state index is 12.2. The summed E-state index contributed by atoms with van der Waals surface area (Å²) in [7, 11) is 0. The van der Waals surface area contributed by atoms with Gasteiger partial charge < -0.3 is 9.88 Å². The highest BCUT2D eigenvalue weighted by Gasteiger charge is 2.12. The number of anilines is 1. The smallest absolute Gasteiger partial charge is 0.234 e. The van der Waals surface area contributed by atoms with Crippen LogP contribution in [0.1, 0.15) is 4.88 Å². The van der Waals surface area contributed by atoms with Crippen molar-refractivity contribution in [3.8, 4) is 0 Å². The molecule has 2 aromatic heterocycles. The molecular formula is C16H14Cl2N4OS2. The zero-order valence-electron chi connectivity index (χ0n) is 13.0. The standard InChI is InChI=1S/C16H14Cl2N4OS2/c17-12-4-1-5-13(18)15(12)20-14(23)9-25-16-21-19-10-22(16)7-6-11-3-2-8-24-11/h1-5,8,10H,6-7,9H2,(H,20,23). The highest BCUT2D eigenvalue weighted by atomic mass is 35.5. The third kappa shape index (κ3) is 4.98. The Kier molecular flexibility index (Phi) is 6.36. The van der Waals surface area contributed by atoms with Crippen molar-refractivity contribution in [2.45, 2.75) is 18.1 Å². The molecule has 0 atom stereocenters. The van der Waals surface area contributed by atoms with Crippen LogP contribution in [0, 0.1) is 0 Å². The van der Waals surface area contributed by atoms with Gasteiger partial charge in [0.2, 0.25) is 5.91 Å². The molecule has 25 heavy (non-hydrogen) atoms. The second-order valence-electron chi connectivity index (χ2n) is 5.07. The number of nitrogens with zero attached hydrogens (tertiary/aromatic N) is 3. The fraction of sp³-hybridized carbons (Fsp3) is 0.188. The van der Waals surface area contributed by atoms with Crippen molar-refractivity contribution in [2.75, 3.05) is 11.1 Å². The van der Waals surface area contributed by atoms with E-state index in [2.05, 4.69) is 27.0 Å². The first-order valence-electron chi connectivity index (χ1n) is 7.40. The summed E-state index contributed by atoms with van der Waals surface area (Å²) in [6, 6.07) is 9.22. The molecule has 0 fully saturated rings. The van der Waals surface area contributed by atoms with Crippen LogP contribution in [-0.4, -0.2) is 26.4 Å². The molecule has 0 aliphatic carbocycles. The maximum atomic E-state index is 12.2. The second kappa shape index (κ2) is 8.71. The second-order valence-corrected chi connectivity index (χ2v) is 7.86. The first kappa shape index (κ1) is 18.3. The average molecular weight is 413 g/mol. The molecule has 3 rings (SSSR count). The molecule has 0 unspecified atom stereocenters. The Morgan fingerprint density at radius 1 is 1.24 bits per heavy atom. The number of para-hydroxylation sites is 1. The topological polar surface area (TPSA) is 59.8 Å². The predicted molar refractivity (Wildman–Crippen MR) is 104 cm³/mol. The van der Waals surface area contributed by atoms with E-state index in [0.29, 0.717) is 20.9 Å². The quantitative estimate of drug-likeness (QED) is 0.575. The van der Waals surface area contributed by atoms with Crippen molar-refractivity contribution in [2.24, 2.45) is 0 Å². The lowest BCUT2D eigenvalue weighted by Crippen LogP contribution is -2.15. The van der Waals surface area contributed by atoms with Gasteiger partial charge in [0, 0.05) is 11.4 Å². The summed E-state index contributed by atoms with van der Waals surface area (Å²) in [4.78, 5) is 13.5.